The maximum Gasteiger partial charge on any atom is 0.135 e. The van der Waals surface area contributed by atoms with Crippen LogP contribution in [0, 0.1) is 13.8 Å². The van der Waals surface area contributed by atoms with Gasteiger partial charge in [0.15, 0.2) is 0 Å². The highest BCUT2D eigenvalue weighted by Crippen LogP contribution is 2.33. The third-order valence-corrected chi connectivity index (χ3v) is 5.90. The third-order valence-electron chi connectivity index (χ3n) is 5.90. The molecule has 3 aromatic rings. The van der Waals surface area contributed by atoms with Crippen LogP contribution in [0.2, 0.25) is 0 Å². The van der Waals surface area contributed by atoms with Gasteiger partial charge >= 0.3 is 0 Å². The lowest BCUT2D eigenvalue weighted by molar-refractivity contribution is 0.164. The molecule has 1 unspecified atom stereocenters. The van der Waals surface area contributed by atoms with E-state index < -0.39 is 0 Å². The Labute approximate surface area is 187 Å². The summed E-state index contributed by atoms with van der Waals surface area (Å²) in [5, 5.41) is 3.60. The molecule has 0 saturated heterocycles. The number of methoxy groups -OCH3 is 1. The zero-order chi connectivity index (χ0) is 22.5. The fraction of sp³-hybridized carbons (Fsp3) is 0.538. The fourth-order valence-electron chi connectivity index (χ4n) is 4.09. The van der Waals surface area contributed by atoms with Gasteiger partial charge in [0.1, 0.15) is 5.82 Å². The topological polar surface area (TPSA) is 52.0 Å². The molecule has 31 heavy (non-hydrogen) atoms. The Bertz CT molecular complexity index is 1020. The number of pyridine rings is 2. The molecule has 3 aromatic heterocycles. The Hall–Kier alpha value is -2.40. The molecule has 0 aliphatic carbocycles. The second-order valence-corrected chi connectivity index (χ2v) is 8.97. The number of aryl methyl sites for hydroxylation is 2. The molecule has 3 heterocycles. The van der Waals surface area contributed by atoms with Crippen molar-refractivity contribution in [1.82, 2.24) is 14.5 Å². The molecule has 0 saturated carbocycles. The largest absolute Gasteiger partial charge is 0.383 e. The van der Waals surface area contributed by atoms with Crippen molar-refractivity contribution >= 4 is 16.9 Å². The summed E-state index contributed by atoms with van der Waals surface area (Å²) in [5.74, 6) is 1.34. The number of hydrogen-bond acceptors (Lipinski definition) is 4. The van der Waals surface area contributed by atoms with Crippen molar-refractivity contribution < 1.29 is 4.74 Å². The van der Waals surface area contributed by atoms with Crippen LogP contribution < -0.4 is 5.32 Å². The van der Waals surface area contributed by atoms with Crippen molar-refractivity contribution in [2.75, 3.05) is 25.6 Å². The van der Waals surface area contributed by atoms with Gasteiger partial charge in [-0.3, -0.25) is 0 Å². The highest BCUT2D eigenvalue weighted by Gasteiger charge is 2.18. The van der Waals surface area contributed by atoms with Gasteiger partial charge in [-0.1, -0.05) is 33.6 Å². The zero-order valence-corrected chi connectivity index (χ0v) is 20.2. The van der Waals surface area contributed by atoms with Gasteiger partial charge in [0.2, 0.25) is 0 Å². The van der Waals surface area contributed by atoms with Crippen molar-refractivity contribution in [3.8, 4) is 11.3 Å². The van der Waals surface area contributed by atoms with E-state index in [4.69, 9.17) is 14.7 Å². The van der Waals surface area contributed by atoms with E-state index in [0.29, 0.717) is 12.5 Å². The van der Waals surface area contributed by atoms with Crippen LogP contribution in [-0.4, -0.2) is 34.8 Å². The Balaban J connectivity index is 2.07. The SMILES string of the molecule is CCCCCNc1nc(C(C)C)ccc1-c1nc2c(C)cn(C(C)COC)c2cc1C. The summed E-state index contributed by atoms with van der Waals surface area (Å²) >= 11 is 0. The van der Waals surface area contributed by atoms with E-state index in [-0.39, 0.29) is 6.04 Å². The first-order valence-electron chi connectivity index (χ1n) is 11.6. The number of nitrogens with one attached hydrogen (secondary N) is 1. The van der Waals surface area contributed by atoms with E-state index in [0.717, 1.165) is 52.3 Å². The average molecular weight is 423 g/mol. The number of nitrogens with zero attached hydrogens (tertiary/aromatic N) is 3. The predicted octanol–water partition coefficient (Wildman–Crippen LogP) is 6.65. The van der Waals surface area contributed by atoms with Crippen LogP contribution in [0.5, 0.6) is 0 Å². The monoisotopic (exact) mass is 422 g/mol. The number of fused-ring (bicyclic) bond motifs is 1. The first-order valence-corrected chi connectivity index (χ1v) is 11.6. The van der Waals surface area contributed by atoms with Gasteiger partial charge in [-0.15, -0.1) is 0 Å². The molecule has 168 valence electrons. The van der Waals surface area contributed by atoms with Gasteiger partial charge in [-0.05, 0) is 62.4 Å². The summed E-state index contributed by atoms with van der Waals surface area (Å²) in [6.07, 6.45) is 5.77. The van der Waals surface area contributed by atoms with Gasteiger partial charge in [-0.2, -0.15) is 0 Å². The summed E-state index contributed by atoms with van der Waals surface area (Å²) < 4.78 is 7.66. The van der Waals surface area contributed by atoms with Crippen molar-refractivity contribution in [1.29, 1.82) is 0 Å². The quantitative estimate of drug-likeness (QED) is 0.372. The predicted molar refractivity (Wildman–Crippen MR) is 131 cm³/mol. The summed E-state index contributed by atoms with van der Waals surface area (Å²) in [6.45, 7) is 14.7. The average Bonchev–Trinajstić information content (AvgIpc) is 3.06. The van der Waals surface area contributed by atoms with Crippen LogP contribution in [-0.2, 0) is 4.74 Å². The van der Waals surface area contributed by atoms with Crippen LogP contribution in [0.1, 0.15) is 75.7 Å². The van der Waals surface area contributed by atoms with Gasteiger partial charge in [0.25, 0.3) is 0 Å². The number of ether oxygens (including phenoxy) is 1. The van der Waals surface area contributed by atoms with Crippen LogP contribution in [0.4, 0.5) is 5.82 Å². The Morgan fingerprint density at radius 2 is 1.84 bits per heavy atom. The second-order valence-electron chi connectivity index (χ2n) is 8.97. The lowest BCUT2D eigenvalue weighted by Gasteiger charge is -2.17. The van der Waals surface area contributed by atoms with Crippen molar-refractivity contribution in [2.24, 2.45) is 0 Å². The van der Waals surface area contributed by atoms with Crippen molar-refractivity contribution in [3.63, 3.8) is 0 Å². The summed E-state index contributed by atoms with van der Waals surface area (Å²) in [5.41, 5.74) is 7.75. The van der Waals surface area contributed by atoms with Crippen molar-refractivity contribution in [2.45, 2.75) is 72.8 Å². The highest BCUT2D eigenvalue weighted by molar-refractivity contribution is 5.86. The number of unbranched alkanes of at least 4 members (excludes halogenated alkanes) is 2. The molecule has 0 radical (unpaired) electrons. The van der Waals surface area contributed by atoms with Crippen LogP contribution >= 0.6 is 0 Å². The minimum absolute atomic E-state index is 0.260. The molecule has 0 fully saturated rings. The maximum atomic E-state index is 5.38. The highest BCUT2D eigenvalue weighted by atomic mass is 16.5. The molecule has 0 aliphatic rings. The molecule has 0 aromatic carbocycles. The third kappa shape index (κ3) is 5.09. The van der Waals surface area contributed by atoms with E-state index in [1.807, 2.05) is 0 Å². The minimum atomic E-state index is 0.260. The Morgan fingerprint density at radius 1 is 1.06 bits per heavy atom. The maximum absolute atomic E-state index is 5.38. The molecule has 5 heteroatoms. The second kappa shape index (κ2) is 10.3. The van der Waals surface area contributed by atoms with E-state index in [9.17, 15) is 0 Å². The summed E-state index contributed by atoms with van der Waals surface area (Å²) in [7, 11) is 1.75. The zero-order valence-electron chi connectivity index (χ0n) is 20.2. The van der Waals surface area contributed by atoms with Crippen molar-refractivity contribution in [3.05, 3.63) is 41.2 Å². The Kier molecular flexibility index (Phi) is 7.71. The Morgan fingerprint density at radius 3 is 2.52 bits per heavy atom. The molecular formula is C26H38N4O. The van der Waals surface area contributed by atoms with E-state index >= 15 is 0 Å². The van der Waals surface area contributed by atoms with E-state index in [1.54, 1.807) is 7.11 Å². The minimum Gasteiger partial charge on any atom is -0.383 e. The fourth-order valence-corrected chi connectivity index (χ4v) is 4.09. The number of aromatic nitrogens is 3. The lowest BCUT2D eigenvalue weighted by atomic mass is 10.0. The van der Waals surface area contributed by atoms with Crippen LogP contribution in [0.3, 0.4) is 0 Å². The number of hydrogen-bond donors (Lipinski definition) is 1. The van der Waals surface area contributed by atoms with E-state index in [1.165, 1.54) is 18.4 Å². The smallest absolute Gasteiger partial charge is 0.135 e. The molecule has 0 spiro atoms. The molecule has 3 rings (SSSR count). The molecule has 0 bridgehead atoms. The van der Waals surface area contributed by atoms with Gasteiger partial charge in [0.05, 0.1) is 29.4 Å². The molecular weight excluding hydrogens is 384 g/mol. The molecule has 5 nitrogen and oxygen atoms in total. The van der Waals surface area contributed by atoms with Crippen LogP contribution in [0.15, 0.2) is 24.4 Å². The number of anilines is 1. The number of rotatable bonds is 10. The lowest BCUT2D eigenvalue weighted by Crippen LogP contribution is -2.10. The van der Waals surface area contributed by atoms with Gasteiger partial charge < -0.3 is 14.6 Å². The summed E-state index contributed by atoms with van der Waals surface area (Å²) in [6, 6.07) is 6.84. The molecule has 0 amide bonds. The normalized spacial score (nSPS) is 12.6. The first kappa shape index (κ1) is 23.3. The molecule has 1 atom stereocenters. The van der Waals surface area contributed by atoms with E-state index in [2.05, 4.69) is 75.8 Å². The molecule has 1 N–H and O–H groups in total. The van der Waals surface area contributed by atoms with Gasteiger partial charge in [0, 0.05) is 31.1 Å². The first-order chi connectivity index (χ1) is 14.9. The standard InChI is InChI=1S/C26H38N4O/c1-8-9-10-13-27-26-21(11-12-22(28-26)17(2)3)24-18(4)14-23-25(29-24)19(5)15-30(23)20(6)16-31-7/h11-12,14-15,17,20H,8-10,13,16H2,1-7H3,(H,27,28). The van der Waals surface area contributed by atoms with Gasteiger partial charge in [-0.25, -0.2) is 9.97 Å². The van der Waals surface area contributed by atoms with Crippen LogP contribution in [0.25, 0.3) is 22.3 Å². The molecule has 0 aliphatic heterocycles. The summed E-state index contributed by atoms with van der Waals surface area (Å²) in [4.78, 5) is 10.1.